The van der Waals surface area contributed by atoms with Crippen LogP contribution in [0.15, 0.2) is 41.1 Å². The second-order valence-electron chi connectivity index (χ2n) is 4.27. The molecule has 0 saturated heterocycles. The smallest absolute Gasteiger partial charge is 0.118 e. The Balaban J connectivity index is 2.70. The number of ether oxygens (including phenoxy) is 1. The first-order valence-electron chi connectivity index (χ1n) is 5.40. The highest BCUT2D eigenvalue weighted by Crippen LogP contribution is 2.18. The molecule has 1 N–H and O–H groups in total. The van der Waals surface area contributed by atoms with Gasteiger partial charge in [0, 0.05) is 0 Å². The van der Waals surface area contributed by atoms with Gasteiger partial charge in [-0.15, -0.1) is 5.73 Å². The van der Waals surface area contributed by atoms with Gasteiger partial charge in [-0.3, -0.25) is 0 Å². The molecule has 0 saturated carbocycles. The van der Waals surface area contributed by atoms with Crippen molar-refractivity contribution in [3.63, 3.8) is 0 Å². The summed E-state index contributed by atoms with van der Waals surface area (Å²) in [6.07, 6.45) is 2.53. The summed E-state index contributed by atoms with van der Waals surface area (Å²) in [6.45, 7) is 3.26. The van der Waals surface area contributed by atoms with Crippen LogP contribution < -0.4 is 4.74 Å². The minimum atomic E-state index is -1.03. The highest BCUT2D eigenvalue weighted by atomic mass is 35.5. The first-order valence-corrected chi connectivity index (χ1v) is 5.77. The summed E-state index contributed by atoms with van der Waals surface area (Å²) in [7, 11) is 1.64. The van der Waals surface area contributed by atoms with E-state index in [1.165, 1.54) is 0 Å². The molecular formula is C14H17ClO2. The van der Waals surface area contributed by atoms with Gasteiger partial charge in [0.25, 0.3) is 0 Å². The van der Waals surface area contributed by atoms with E-state index in [1.54, 1.807) is 21.0 Å². The lowest BCUT2D eigenvalue weighted by atomic mass is 10.1. The number of halogens is 1. The monoisotopic (exact) mass is 252 g/mol. The van der Waals surface area contributed by atoms with Crippen LogP contribution in [0.2, 0.25) is 0 Å². The van der Waals surface area contributed by atoms with Crippen LogP contribution in [0.25, 0.3) is 0 Å². The van der Waals surface area contributed by atoms with Crippen molar-refractivity contribution in [2.75, 3.05) is 7.11 Å². The molecule has 92 valence electrons. The molecule has 0 heterocycles. The Morgan fingerprint density at radius 3 is 2.47 bits per heavy atom. The number of rotatable bonds is 4. The number of hydrogen-bond donors (Lipinski definition) is 1. The van der Waals surface area contributed by atoms with Gasteiger partial charge in [-0.05, 0) is 44.0 Å². The molecule has 0 spiro atoms. The Kier molecular flexibility index (Phi) is 4.83. The third kappa shape index (κ3) is 4.66. The van der Waals surface area contributed by atoms with E-state index in [0.29, 0.717) is 5.03 Å². The Hall–Kier alpha value is -1.21. The van der Waals surface area contributed by atoms with Crippen molar-refractivity contribution in [1.29, 1.82) is 0 Å². The largest absolute Gasteiger partial charge is 0.497 e. The molecule has 0 aliphatic rings. The Bertz CT molecular complexity index is 421. The van der Waals surface area contributed by atoms with E-state index in [1.807, 2.05) is 30.3 Å². The van der Waals surface area contributed by atoms with E-state index >= 15 is 0 Å². The van der Waals surface area contributed by atoms with Crippen molar-refractivity contribution < 1.29 is 9.84 Å². The van der Waals surface area contributed by atoms with Gasteiger partial charge in [-0.1, -0.05) is 23.7 Å². The summed E-state index contributed by atoms with van der Waals surface area (Å²) in [4.78, 5) is 0. The van der Waals surface area contributed by atoms with Crippen molar-refractivity contribution in [3.05, 3.63) is 46.7 Å². The van der Waals surface area contributed by atoms with Gasteiger partial charge in [-0.2, -0.15) is 0 Å². The molecule has 0 atom stereocenters. The minimum Gasteiger partial charge on any atom is -0.497 e. The maximum absolute atomic E-state index is 9.58. The highest BCUT2D eigenvalue weighted by Gasteiger charge is 2.16. The van der Waals surface area contributed by atoms with Crippen molar-refractivity contribution >= 4 is 11.6 Å². The van der Waals surface area contributed by atoms with Crippen molar-refractivity contribution in [3.8, 4) is 5.75 Å². The zero-order valence-corrected chi connectivity index (χ0v) is 11.1. The fourth-order valence-electron chi connectivity index (χ4n) is 1.20. The number of aliphatic hydroxyl groups is 1. The summed E-state index contributed by atoms with van der Waals surface area (Å²) in [5.41, 5.74) is 2.98. The maximum atomic E-state index is 9.58. The standard InChI is InChI=1S/C14H17ClO2/c1-14(2,16)13(15)6-4-5-11-7-9-12(17-3)10-8-11/h4,7-10,16H,5H2,1-3H3. The van der Waals surface area contributed by atoms with E-state index in [9.17, 15) is 5.11 Å². The fourth-order valence-corrected chi connectivity index (χ4v) is 1.27. The Labute approximate surface area is 107 Å². The molecule has 17 heavy (non-hydrogen) atoms. The molecule has 0 aliphatic heterocycles. The Morgan fingerprint density at radius 1 is 1.41 bits per heavy atom. The fraction of sp³-hybridized carbons (Fsp3) is 0.357. The lowest BCUT2D eigenvalue weighted by molar-refractivity contribution is 0.128. The van der Waals surface area contributed by atoms with Gasteiger partial charge in [0.1, 0.15) is 11.4 Å². The molecule has 0 amide bonds. The van der Waals surface area contributed by atoms with Crippen molar-refractivity contribution in [2.45, 2.75) is 25.9 Å². The Morgan fingerprint density at radius 2 is 2.00 bits per heavy atom. The molecule has 0 unspecified atom stereocenters. The number of hydrogen-bond acceptors (Lipinski definition) is 2. The van der Waals surface area contributed by atoms with E-state index in [2.05, 4.69) is 5.73 Å². The summed E-state index contributed by atoms with van der Waals surface area (Å²) < 4.78 is 5.07. The summed E-state index contributed by atoms with van der Waals surface area (Å²) in [6, 6.07) is 7.78. The van der Waals surface area contributed by atoms with Crippen molar-refractivity contribution in [2.24, 2.45) is 0 Å². The first-order chi connectivity index (χ1) is 7.93. The predicted octanol–water partition coefficient (Wildman–Crippen LogP) is 3.29. The van der Waals surface area contributed by atoms with Crippen LogP contribution >= 0.6 is 11.6 Å². The molecule has 1 aromatic carbocycles. The van der Waals surface area contributed by atoms with Gasteiger partial charge in [0.2, 0.25) is 0 Å². The van der Waals surface area contributed by atoms with E-state index in [0.717, 1.165) is 17.7 Å². The average molecular weight is 253 g/mol. The number of benzene rings is 1. The van der Waals surface area contributed by atoms with Crippen LogP contribution in [-0.2, 0) is 6.42 Å². The molecule has 0 aromatic heterocycles. The quantitative estimate of drug-likeness (QED) is 0.834. The van der Waals surface area contributed by atoms with Crippen LogP contribution in [0.5, 0.6) is 5.75 Å². The van der Waals surface area contributed by atoms with Crippen LogP contribution in [0, 0.1) is 0 Å². The predicted molar refractivity (Wildman–Crippen MR) is 70.4 cm³/mol. The maximum Gasteiger partial charge on any atom is 0.118 e. The van der Waals surface area contributed by atoms with Crippen LogP contribution in [0.1, 0.15) is 19.4 Å². The van der Waals surface area contributed by atoms with Crippen LogP contribution in [0.4, 0.5) is 0 Å². The zero-order valence-electron chi connectivity index (χ0n) is 10.3. The lowest BCUT2D eigenvalue weighted by Crippen LogP contribution is -2.17. The lowest BCUT2D eigenvalue weighted by Gasteiger charge is -2.13. The molecule has 0 bridgehead atoms. The highest BCUT2D eigenvalue weighted by molar-refractivity contribution is 6.30. The van der Waals surface area contributed by atoms with Gasteiger partial charge < -0.3 is 9.84 Å². The molecule has 2 nitrogen and oxygen atoms in total. The van der Waals surface area contributed by atoms with Gasteiger partial charge in [0.15, 0.2) is 0 Å². The van der Waals surface area contributed by atoms with Gasteiger partial charge >= 0.3 is 0 Å². The van der Waals surface area contributed by atoms with E-state index < -0.39 is 5.60 Å². The van der Waals surface area contributed by atoms with Crippen LogP contribution in [-0.4, -0.2) is 17.8 Å². The van der Waals surface area contributed by atoms with Gasteiger partial charge in [-0.25, -0.2) is 0 Å². The third-order valence-electron chi connectivity index (χ3n) is 2.26. The topological polar surface area (TPSA) is 29.5 Å². The van der Waals surface area contributed by atoms with Gasteiger partial charge in [0.05, 0.1) is 12.1 Å². The second kappa shape index (κ2) is 5.92. The minimum absolute atomic E-state index is 0.311. The molecule has 0 aliphatic carbocycles. The summed E-state index contributed by atoms with van der Waals surface area (Å²) in [5, 5.41) is 9.89. The van der Waals surface area contributed by atoms with Crippen molar-refractivity contribution in [1.82, 2.24) is 0 Å². The molecule has 0 fully saturated rings. The zero-order chi connectivity index (χ0) is 12.9. The molecule has 0 radical (unpaired) electrons. The summed E-state index contributed by atoms with van der Waals surface area (Å²) in [5.74, 6) is 0.836. The normalized spacial score (nSPS) is 10.6. The molecular weight excluding hydrogens is 236 g/mol. The van der Waals surface area contributed by atoms with Crippen LogP contribution in [0.3, 0.4) is 0 Å². The molecule has 1 rings (SSSR count). The summed E-state index contributed by atoms with van der Waals surface area (Å²) >= 11 is 5.88. The average Bonchev–Trinajstić information content (AvgIpc) is 2.28. The van der Waals surface area contributed by atoms with E-state index in [-0.39, 0.29) is 0 Å². The van der Waals surface area contributed by atoms with E-state index in [4.69, 9.17) is 16.3 Å². The molecule has 1 aromatic rings. The molecule has 3 heteroatoms. The third-order valence-corrected chi connectivity index (χ3v) is 2.83. The first kappa shape index (κ1) is 13.9. The second-order valence-corrected chi connectivity index (χ2v) is 4.65. The SMILES string of the molecule is COc1ccc(CC=C=C(Cl)C(C)(C)O)cc1. The number of methoxy groups -OCH3 is 1.